The molecule has 0 aromatic heterocycles. The fourth-order valence-corrected chi connectivity index (χ4v) is 2.93. The zero-order valence-corrected chi connectivity index (χ0v) is 15.8. The molecule has 4 nitrogen and oxygen atoms in total. The Balaban J connectivity index is 2.11. The van der Waals surface area contributed by atoms with Gasteiger partial charge in [0.2, 0.25) is 5.91 Å². The maximum Gasteiger partial charge on any atom is 0.251 e. The second-order valence-corrected chi connectivity index (χ2v) is 7.04. The summed E-state index contributed by atoms with van der Waals surface area (Å²) < 4.78 is 0. The van der Waals surface area contributed by atoms with Gasteiger partial charge in [0, 0.05) is 16.3 Å². The quantitative estimate of drug-likeness (QED) is 0.763. The van der Waals surface area contributed by atoms with Gasteiger partial charge in [-0.1, -0.05) is 35.9 Å². The first-order valence-corrected chi connectivity index (χ1v) is 9.70. The number of nitrogens with one attached hydrogen (secondary N) is 2. The fourth-order valence-electron chi connectivity index (χ4n) is 2.28. The highest BCUT2D eigenvalue weighted by Gasteiger charge is 2.21. The van der Waals surface area contributed by atoms with Gasteiger partial charge in [-0.25, -0.2) is 0 Å². The number of amides is 2. The van der Waals surface area contributed by atoms with E-state index in [9.17, 15) is 9.59 Å². The van der Waals surface area contributed by atoms with E-state index in [0.717, 1.165) is 11.3 Å². The summed E-state index contributed by atoms with van der Waals surface area (Å²) in [6, 6.07) is 13.6. The molecule has 1 unspecified atom stereocenters. The molecule has 2 aromatic carbocycles. The molecule has 1 atom stereocenters. The van der Waals surface area contributed by atoms with Crippen LogP contribution in [0.3, 0.4) is 0 Å². The average Bonchev–Trinajstić information content (AvgIpc) is 2.62. The number of carbonyl (C=O) groups excluding carboxylic acids is 2. The Bertz CT molecular complexity index is 737. The third-order valence-electron chi connectivity index (χ3n) is 3.73. The molecule has 0 aliphatic rings. The van der Waals surface area contributed by atoms with Crippen LogP contribution in [0.4, 0.5) is 5.69 Å². The van der Waals surface area contributed by atoms with Crippen LogP contribution in [0.1, 0.15) is 22.3 Å². The summed E-state index contributed by atoms with van der Waals surface area (Å²) in [4.78, 5) is 25.0. The van der Waals surface area contributed by atoms with Crippen molar-refractivity contribution < 1.29 is 9.59 Å². The van der Waals surface area contributed by atoms with Crippen LogP contribution >= 0.6 is 23.4 Å². The molecular formula is C19H21ClN2O2S. The van der Waals surface area contributed by atoms with Crippen LogP contribution in [0.15, 0.2) is 48.5 Å². The largest absolute Gasteiger partial charge is 0.340 e. The standard InChI is InChI=1S/C19H21ClN2O2S/c1-13-8-9-15(20)12-17(13)22-19(24)16(10-11-25-2)21-18(23)14-6-4-3-5-7-14/h3-9,12,16H,10-11H2,1-2H3,(H,21,23)(H,22,24). The number of anilines is 1. The molecule has 2 amide bonds. The van der Waals surface area contributed by atoms with Crippen LogP contribution in [-0.4, -0.2) is 29.9 Å². The summed E-state index contributed by atoms with van der Waals surface area (Å²) in [7, 11) is 0. The van der Waals surface area contributed by atoms with Gasteiger partial charge < -0.3 is 10.6 Å². The van der Waals surface area contributed by atoms with Gasteiger partial charge in [-0.05, 0) is 55.2 Å². The number of hydrogen-bond donors (Lipinski definition) is 2. The van der Waals surface area contributed by atoms with Crippen LogP contribution in [0, 0.1) is 6.92 Å². The smallest absolute Gasteiger partial charge is 0.251 e. The Kier molecular flexibility index (Phi) is 7.34. The molecule has 2 N–H and O–H groups in total. The van der Waals surface area contributed by atoms with Gasteiger partial charge in [-0.2, -0.15) is 11.8 Å². The topological polar surface area (TPSA) is 58.2 Å². The number of rotatable bonds is 7. The van der Waals surface area contributed by atoms with Crippen LogP contribution in [0.2, 0.25) is 5.02 Å². The lowest BCUT2D eigenvalue weighted by Gasteiger charge is -2.19. The van der Waals surface area contributed by atoms with Gasteiger partial charge in [0.1, 0.15) is 6.04 Å². The van der Waals surface area contributed by atoms with Crippen LogP contribution in [0.5, 0.6) is 0 Å². The highest BCUT2D eigenvalue weighted by molar-refractivity contribution is 7.98. The Hall–Kier alpha value is -1.98. The second kappa shape index (κ2) is 9.49. The van der Waals surface area contributed by atoms with E-state index < -0.39 is 6.04 Å². The van der Waals surface area contributed by atoms with Crippen molar-refractivity contribution in [3.63, 3.8) is 0 Å². The minimum Gasteiger partial charge on any atom is -0.340 e. The highest BCUT2D eigenvalue weighted by Crippen LogP contribution is 2.20. The summed E-state index contributed by atoms with van der Waals surface area (Å²) in [5.74, 6) is 0.259. The minimum absolute atomic E-state index is 0.247. The van der Waals surface area contributed by atoms with Crippen molar-refractivity contribution in [3.8, 4) is 0 Å². The number of aryl methyl sites for hydroxylation is 1. The Labute approximate surface area is 157 Å². The monoisotopic (exact) mass is 376 g/mol. The number of halogens is 1. The van der Waals surface area contributed by atoms with Crippen LogP contribution < -0.4 is 10.6 Å². The lowest BCUT2D eigenvalue weighted by atomic mass is 10.1. The van der Waals surface area contributed by atoms with E-state index in [1.54, 1.807) is 48.2 Å². The molecule has 132 valence electrons. The first-order chi connectivity index (χ1) is 12.0. The maximum atomic E-state index is 12.7. The first-order valence-electron chi connectivity index (χ1n) is 7.93. The van der Waals surface area contributed by atoms with Gasteiger partial charge in [-0.15, -0.1) is 0 Å². The zero-order chi connectivity index (χ0) is 18.2. The Morgan fingerprint density at radius 1 is 1.16 bits per heavy atom. The Morgan fingerprint density at radius 2 is 1.88 bits per heavy atom. The molecule has 2 rings (SSSR count). The number of hydrogen-bond acceptors (Lipinski definition) is 3. The lowest BCUT2D eigenvalue weighted by Crippen LogP contribution is -2.44. The lowest BCUT2D eigenvalue weighted by molar-refractivity contribution is -0.118. The van der Waals surface area contributed by atoms with Crippen molar-refractivity contribution in [1.29, 1.82) is 0 Å². The van der Waals surface area contributed by atoms with Gasteiger partial charge in [0.15, 0.2) is 0 Å². The molecule has 25 heavy (non-hydrogen) atoms. The summed E-state index contributed by atoms with van der Waals surface area (Å²) in [5, 5.41) is 6.25. The van der Waals surface area contributed by atoms with Crippen LogP contribution in [0.25, 0.3) is 0 Å². The minimum atomic E-state index is -0.612. The van der Waals surface area contributed by atoms with E-state index in [2.05, 4.69) is 10.6 Å². The molecule has 0 fully saturated rings. The summed E-state index contributed by atoms with van der Waals surface area (Å²) >= 11 is 7.63. The molecular weight excluding hydrogens is 356 g/mol. The highest BCUT2D eigenvalue weighted by atomic mass is 35.5. The van der Waals surface area contributed by atoms with Gasteiger partial charge in [0.25, 0.3) is 5.91 Å². The fraction of sp³-hybridized carbons (Fsp3) is 0.263. The van der Waals surface area contributed by atoms with E-state index in [1.807, 2.05) is 25.3 Å². The summed E-state index contributed by atoms with van der Waals surface area (Å²) in [6.07, 6.45) is 2.51. The van der Waals surface area contributed by atoms with Gasteiger partial charge in [0.05, 0.1) is 0 Å². The predicted octanol–water partition coefficient (Wildman–Crippen LogP) is 4.14. The van der Waals surface area contributed by atoms with Gasteiger partial charge >= 0.3 is 0 Å². The summed E-state index contributed by atoms with van der Waals surface area (Å²) in [5.41, 5.74) is 2.10. The Morgan fingerprint density at radius 3 is 2.56 bits per heavy atom. The third-order valence-corrected chi connectivity index (χ3v) is 4.60. The molecule has 0 aliphatic heterocycles. The van der Waals surface area contributed by atoms with E-state index in [1.165, 1.54) is 0 Å². The summed E-state index contributed by atoms with van der Waals surface area (Å²) in [6.45, 7) is 1.89. The van der Waals surface area contributed by atoms with E-state index in [4.69, 9.17) is 11.6 Å². The molecule has 0 heterocycles. The molecule has 6 heteroatoms. The van der Waals surface area contributed by atoms with Gasteiger partial charge in [-0.3, -0.25) is 9.59 Å². The normalized spacial score (nSPS) is 11.6. The second-order valence-electron chi connectivity index (χ2n) is 5.62. The number of benzene rings is 2. The molecule has 2 aromatic rings. The van der Waals surface area contributed by atoms with Crippen molar-refractivity contribution in [2.24, 2.45) is 0 Å². The SMILES string of the molecule is CSCCC(NC(=O)c1ccccc1)C(=O)Nc1cc(Cl)ccc1C. The number of thioether (sulfide) groups is 1. The average molecular weight is 377 g/mol. The van der Waals surface area contributed by atoms with Crippen molar-refractivity contribution in [2.45, 2.75) is 19.4 Å². The predicted molar refractivity (Wildman–Crippen MR) is 106 cm³/mol. The van der Waals surface area contributed by atoms with Crippen LogP contribution in [-0.2, 0) is 4.79 Å². The molecule has 0 aliphatic carbocycles. The van der Waals surface area contributed by atoms with Crippen molar-refractivity contribution >= 4 is 40.9 Å². The molecule has 0 saturated carbocycles. The molecule has 0 bridgehead atoms. The van der Waals surface area contributed by atoms with Crippen molar-refractivity contribution in [1.82, 2.24) is 5.32 Å². The maximum absolute atomic E-state index is 12.7. The van der Waals surface area contributed by atoms with E-state index in [-0.39, 0.29) is 11.8 Å². The first kappa shape index (κ1) is 19.3. The molecule has 0 spiro atoms. The number of carbonyl (C=O) groups is 2. The zero-order valence-electron chi connectivity index (χ0n) is 14.2. The van der Waals surface area contributed by atoms with E-state index in [0.29, 0.717) is 22.7 Å². The molecule has 0 saturated heterocycles. The van der Waals surface area contributed by atoms with Crippen molar-refractivity contribution in [3.05, 3.63) is 64.7 Å². The third kappa shape index (κ3) is 5.80. The van der Waals surface area contributed by atoms with Crippen molar-refractivity contribution in [2.75, 3.05) is 17.3 Å². The van der Waals surface area contributed by atoms with E-state index >= 15 is 0 Å². The molecule has 0 radical (unpaired) electrons.